The van der Waals surface area contributed by atoms with Gasteiger partial charge in [0.2, 0.25) is 0 Å². The van der Waals surface area contributed by atoms with Crippen molar-refractivity contribution in [1.82, 2.24) is 4.57 Å². The lowest BCUT2D eigenvalue weighted by molar-refractivity contribution is -0.394. The van der Waals surface area contributed by atoms with E-state index in [1.165, 1.54) is 10.6 Å². The van der Waals surface area contributed by atoms with Crippen molar-refractivity contribution in [3.05, 3.63) is 71.0 Å². The summed E-state index contributed by atoms with van der Waals surface area (Å²) in [6.07, 6.45) is 0. The van der Waals surface area contributed by atoms with Crippen LogP contribution in [0, 0.1) is 20.2 Å². The number of hydrogen-bond acceptors (Lipinski definition) is 8. The van der Waals surface area contributed by atoms with Gasteiger partial charge in [0.25, 0.3) is 17.3 Å². The summed E-state index contributed by atoms with van der Waals surface area (Å²) in [6, 6.07) is 5.65. The minimum absolute atomic E-state index is 0.0244. The van der Waals surface area contributed by atoms with Crippen LogP contribution in [0.25, 0.3) is 10.2 Å². The molecule has 0 fully saturated rings. The number of thiazole rings is 1. The van der Waals surface area contributed by atoms with E-state index in [0.717, 1.165) is 29.5 Å². The summed E-state index contributed by atoms with van der Waals surface area (Å²) in [7, 11) is 0. The second-order valence-electron chi connectivity index (χ2n) is 6.15. The first kappa shape index (κ1) is 23.3. The number of nitrogens with zero attached hydrogens (tertiary/aromatic N) is 4. The van der Waals surface area contributed by atoms with Crippen LogP contribution in [0.15, 0.2) is 35.3 Å². The largest absolute Gasteiger partial charge is 0.465 e. The van der Waals surface area contributed by atoms with Gasteiger partial charge in [0.1, 0.15) is 6.54 Å². The maximum absolute atomic E-state index is 12.8. The Bertz CT molecular complexity index is 1320. The number of nitro benzene ring substituents is 2. The second-order valence-corrected chi connectivity index (χ2v) is 7.95. The smallest absolute Gasteiger partial charge is 0.326 e. The Labute approximate surface area is 192 Å². The fourth-order valence-electron chi connectivity index (χ4n) is 2.75. The van der Waals surface area contributed by atoms with Crippen LogP contribution in [0.5, 0.6) is 0 Å². The Kier molecular flexibility index (Phi) is 6.87. The van der Waals surface area contributed by atoms with E-state index in [2.05, 4.69) is 4.99 Å². The highest BCUT2D eigenvalue weighted by molar-refractivity contribution is 7.16. The van der Waals surface area contributed by atoms with Crippen LogP contribution in [0.2, 0.25) is 10.0 Å². The molecule has 1 aromatic heterocycles. The minimum atomic E-state index is -0.983. The topological polar surface area (TPSA) is 147 Å². The quantitative estimate of drug-likeness (QED) is 0.281. The summed E-state index contributed by atoms with van der Waals surface area (Å²) < 4.78 is 6.84. The first-order valence-electron chi connectivity index (χ1n) is 8.78. The fourth-order valence-corrected chi connectivity index (χ4v) is 4.26. The van der Waals surface area contributed by atoms with E-state index in [1.807, 2.05) is 0 Å². The number of non-ortho nitro benzene ring substituents is 2. The van der Waals surface area contributed by atoms with Crippen molar-refractivity contribution in [2.24, 2.45) is 4.99 Å². The Balaban J connectivity index is 2.21. The molecule has 2 aromatic carbocycles. The summed E-state index contributed by atoms with van der Waals surface area (Å²) in [5.74, 6) is -1.61. The van der Waals surface area contributed by atoms with Gasteiger partial charge in [-0.15, -0.1) is 0 Å². The first-order chi connectivity index (χ1) is 15.1. The second kappa shape index (κ2) is 9.42. The molecule has 0 spiro atoms. The van der Waals surface area contributed by atoms with E-state index in [0.29, 0.717) is 10.2 Å². The molecule has 0 N–H and O–H groups in total. The Morgan fingerprint density at radius 1 is 1.12 bits per heavy atom. The number of nitro groups is 2. The van der Waals surface area contributed by atoms with Crippen LogP contribution >= 0.6 is 34.5 Å². The number of rotatable bonds is 6. The molecule has 0 saturated heterocycles. The van der Waals surface area contributed by atoms with Crippen molar-refractivity contribution in [2.75, 3.05) is 6.61 Å². The molecule has 3 aromatic rings. The van der Waals surface area contributed by atoms with Crippen molar-refractivity contribution < 1.29 is 24.2 Å². The predicted octanol–water partition coefficient (Wildman–Crippen LogP) is 4.13. The van der Waals surface area contributed by atoms with Gasteiger partial charge in [-0.25, -0.2) is 0 Å². The molecule has 0 aliphatic rings. The van der Waals surface area contributed by atoms with E-state index < -0.39 is 33.1 Å². The van der Waals surface area contributed by atoms with Crippen LogP contribution in [-0.2, 0) is 16.1 Å². The number of halogens is 2. The summed E-state index contributed by atoms with van der Waals surface area (Å²) in [4.78, 5) is 49.3. The summed E-state index contributed by atoms with van der Waals surface area (Å²) in [6.45, 7) is 1.41. The Hall–Kier alpha value is -3.35. The lowest BCUT2D eigenvalue weighted by Gasteiger charge is -2.07. The number of esters is 1. The SMILES string of the molecule is CCOC(=O)Cn1c(=NC(=O)c2cc([N+](=O)[O-])cc([N+](=O)[O-])c2)sc2ccc(Cl)c(Cl)c21. The van der Waals surface area contributed by atoms with E-state index in [1.54, 1.807) is 13.0 Å². The molecule has 3 rings (SSSR count). The van der Waals surface area contributed by atoms with Crippen LogP contribution < -0.4 is 4.80 Å². The molecular weight excluding hydrogens is 487 g/mol. The molecule has 0 aliphatic heterocycles. The van der Waals surface area contributed by atoms with E-state index in [-0.39, 0.29) is 33.6 Å². The van der Waals surface area contributed by atoms with Gasteiger partial charge in [-0.2, -0.15) is 4.99 Å². The maximum Gasteiger partial charge on any atom is 0.326 e. The van der Waals surface area contributed by atoms with Crippen LogP contribution in [-0.4, -0.2) is 32.9 Å². The molecule has 0 unspecified atom stereocenters. The average Bonchev–Trinajstić information content (AvgIpc) is 3.07. The van der Waals surface area contributed by atoms with Crippen LogP contribution in [0.4, 0.5) is 11.4 Å². The predicted molar refractivity (Wildman–Crippen MR) is 116 cm³/mol. The number of ether oxygens (including phenoxy) is 1. The normalized spacial score (nSPS) is 11.5. The fraction of sp³-hybridized carbons (Fsp3) is 0.167. The molecule has 0 bridgehead atoms. The number of aromatic nitrogens is 1. The van der Waals surface area contributed by atoms with Gasteiger partial charge in [0.15, 0.2) is 4.80 Å². The van der Waals surface area contributed by atoms with Gasteiger partial charge in [-0.1, -0.05) is 34.5 Å². The van der Waals surface area contributed by atoms with Gasteiger partial charge in [-0.05, 0) is 19.1 Å². The average molecular weight is 499 g/mol. The summed E-state index contributed by atoms with van der Waals surface area (Å²) >= 11 is 13.4. The van der Waals surface area contributed by atoms with Gasteiger partial charge in [0, 0.05) is 12.1 Å². The van der Waals surface area contributed by atoms with Crippen LogP contribution in [0.3, 0.4) is 0 Å². The number of fused-ring (bicyclic) bond motifs is 1. The van der Waals surface area contributed by atoms with Crippen molar-refractivity contribution in [3.63, 3.8) is 0 Å². The summed E-state index contributed by atoms with van der Waals surface area (Å²) in [5.41, 5.74) is -1.30. The molecule has 0 saturated carbocycles. The molecular formula is C18H12Cl2N4O7S. The number of carbonyl (C=O) groups is 2. The zero-order valence-corrected chi connectivity index (χ0v) is 18.4. The van der Waals surface area contributed by atoms with Crippen molar-refractivity contribution in [2.45, 2.75) is 13.5 Å². The lowest BCUT2D eigenvalue weighted by Crippen LogP contribution is -2.23. The highest BCUT2D eigenvalue weighted by Gasteiger charge is 2.21. The molecule has 14 heteroatoms. The number of carbonyl (C=O) groups excluding carboxylic acids is 2. The number of amides is 1. The minimum Gasteiger partial charge on any atom is -0.465 e. The maximum atomic E-state index is 12.8. The molecule has 166 valence electrons. The Morgan fingerprint density at radius 2 is 1.75 bits per heavy atom. The molecule has 0 radical (unpaired) electrons. The molecule has 0 atom stereocenters. The van der Waals surface area contributed by atoms with Crippen molar-refractivity contribution in [1.29, 1.82) is 0 Å². The summed E-state index contributed by atoms with van der Waals surface area (Å²) in [5, 5.41) is 22.5. The van der Waals surface area contributed by atoms with E-state index in [9.17, 15) is 29.8 Å². The Morgan fingerprint density at radius 3 is 2.31 bits per heavy atom. The van der Waals surface area contributed by atoms with E-state index in [4.69, 9.17) is 27.9 Å². The highest BCUT2D eigenvalue weighted by atomic mass is 35.5. The highest BCUT2D eigenvalue weighted by Crippen LogP contribution is 2.32. The standard InChI is InChI=1S/C18H12Cl2N4O7S/c1-2-31-14(25)8-22-16-13(4-3-12(19)15(16)20)32-18(22)21-17(26)9-5-10(23(27)28)7-11(6-9)24(29)30/h3-7H,2,8H2,1H3. The third-order valence-corrected chi connectivity index (χ3v) is 5.93. The molecule has 32 heavy (non-hydrogen) atoms. The third-order valence-electron chi connectivity index (χ3n) is 4.09. The third kappa shape index (κ3) is 4.77. The van der Waals surface area contributed by atoms with Gasteiger partial charge in [0.05, 0.1) is 48.3 Å². The van der Waals surface area contributed by atoms with Gasteiger partial charge < -0.3 is 9.30 Å². The molecule has 11 nitrogen and oxygen atoms in total. The first-order valence-corrected chi connectivity index (χ1v) is 10.4. The van der Waals surface area contributed by atoms with Crippen molar-refractivity contribution >= 4 is 68.0 Å². The van der Waals surface area contributed by atoms with Gasteiger partial charge in [-0.3, -0.25) is 29.8 Å². The van der Waals surface area contributed by atoms with Gasteiger partial charge >= 0.3 is 5.97 Å². The van der Waals surface area contributed by atoms with Crippen LogP contribution in [0.1, 0.15) is 17.3 Å². The monoisotopic (exact) mass is 498 g/mol. The zero-order valence-electron chi connectivity index (χ0n) is 16.1. The van der Waals surface area contributed by atoms with E-state index >= 15 is 0 Å². The van der Waals surface area contributed by atoms with Crippen molar-refractivity contribution in [3.8, 4) is 0 Å². The zero-order chi connectivity index (χ0) is 23.6. The molecule has 0 aliphatic carbocycles. The number of benzene rings is 2. The lowest BCUT2D eigenvalue weighted by atomic mass is 10.1. The molecule has 1 amide bonds. The number of hydrogen-bond donors (Lipinski definition) is 0. The molecule has 1 heterocycles.